The highest BCUT2D eigenvalue weighted by molar-refractivity contribution is 5.82. The molecule has 6 nitrogen and oxygen atoms in total. The van der Waals surface area contributed by atoms with Crippen LogP contribution in [0.15, 0.2) is 49.6 Å². The van der Waals surface area contributed by atoms with Crippen LogP contribution in [0, 0.1) is 0 Å². The van der Waals surface area contributed by atoms with Gasteiger partial charge in [-0.3, -0.25) is 0 Å². The summed E-state index contributed by atoms with van der Waals surface area (Å²) in [5.41, 5.74) is 7.28. The molecule has 0 radical (unpaired) electrons. The van der Waals surface area contributed by atoms with E-state index < -0.39 is 18.0 Å². The number of esters is 2. The van der Waals surface area contributed by atoms with E-state index in [0.717, 1.165) is 17.8 Å². The van der Waals surface area contributed by atoms with Crippen LogP contribution >= 0.6 is 0 Å². The Bertz CT molecular complexity index is 554. The summed E-state index contributed by atoms with van der Waals surface area (Å²) in [7, 11) is 0. The first kappa shape index (κ1) is 18.3. The van der Waals surface area contributed by atoms with Gasteiger partial charge in [-0.25, -0.2) is 9.59 Å². The largest absolute Gasteiger partial charge is 0.459 e. The molecule has 1 aromatic carbocycles. The number of carbonyl (C=O) groups excluding carboxylic acids is 2. The van der Waals surface area contributed by atoms with Gasteiger partial charge in [0.2, 0.25) is 0 Å². The van der Waals surface area contributed by atoms with Gasteiger partial charge in [-0.05, 0) is 31.2 Å². The van der Waals surface area contributed by atoms with Crippen molar-refractivity contribution in [1.82, 2.24) is 0 Å². The number of hydrogen-bond donors (Lipinski definition) is 1. The maximum absolute atomic E-state index is 11.5. The average molecular weight is 318 g/mol. The maximum Gasteiger partial charge on any atom is 0.330 e. The van der Waals surface area contributed by atoms with E-state index in [4.69, 9.17) is 15.2 Å². The standard InChI is InChI=1S/C17H22N2O4/c1-4-16(20)22-12-15(23-17(21)5-2)11-19(6-3)14-9-7-13(18)8-10-14/h4-5,7-10,15H,1-2,6,11-12,18H2,3H3. The quantitative estimate of drug-likeness (QED) is 0.425. The van der Waals surface area contributed by atoms with Crippen LogP contribution in [0.25, 0.3) is 0 Å². The molecule has 0 spiro atoms. The number of carbonyl (C=O) groups is 2. The molecule has 0 aliphatic rings. The summed E-state index contributed by atoms with van der Waals surface area (Å²) in [4.78, 5) is 24.6. The first-order valence-corrected chi connectivity index (χ1v) is 7.22. The SMILES string of the molecule is C=CC(=O)OCC(CN(CC)c1ccc(N)cc1)OC(=O)C=C. The van der Waals surface area contributed by atoms with E-state index in [9.17, 15) is 9.59 Å². The monoisotopic (exact) mass is 318 g/mol. The molecule has 0 saturated carbocycles. The first-order valence-electron chi connectivity index (χ1n) is 7.22. The minimum Gasteiger partial charge on any atom is -0.459 e. The zero-order valence-corrected chi connectivity index (χ0v) is 13.2. The first-order chi connectivity index (χ1) is 11.0. The Hall–Kier alpha value is -2.76. The lowest BCUT2D eigenvalue weighted by Gasteiger charge is -2.28. The second-order valence-corrected chi connectivity index (χ2v) is 4.73. The van der Waals surface area contributed by atoms with E-state index in [0.29, 0.717) is 18.8 Å². The molecule has 1 unspecified atom stereocenters. The van der Waals surface area contributed by atoms with Crippen molar-refractivity contribution in [3.63, 3.8) is 0 Å². The molecular weight excluding hydrogens is 296 g/mol. The molecule has 0 aliphatic carbocycles. The third-order valence-electron chi connectivity index (χ3n) is 3.09. The highest BCUT2D eigenvalue weighted by atomic mass is 16.6. The molecule has 6 heteroatoms. The van der Waals surface area contributed by atoms with E-state index in [1.165, 1.54) is 0 Å². The Balaban J connectivity index is 2.80. The van der Waals surface area contributed by atoms with Crippen LogP contribution in [0.5, 0.6) is 0 Å². The molecule has 0 saturated heterocycles. The van der Waals surface area contributed by atoms with E-state index >= 15 is 0 Å². The lowest BCUT2D eigenvalue weighted by molar-refractivity contribution is -0.152. The summed E-state index contributed by atoms with van der Waals surface area (Å²) in [6, 6.07) is 7.34. The summed E-state index contributed by atoms with van der Waals surface area (Å²) in [6.45, 7) is 9.65. The van der Waals surface area contributed by atoms with Crippen LogP contribution in [0.4, 0.5) is 11.4 Å². The number of nitrogens with zero attached hydrogens (tertiary/aromatic N) is 1. The predicted octanol–water partition coefficient (Wildman–Crippen LogP) is 1.92. The van der Waals surface area contributed by atoms with Gasteiger partial charge >= 0.3 is 11.9 Å². The number of nitrogens with two attached hydrogens (primary N) is 1. The van der Waals surface area contributed by atoms with Crippen molar-refractivity contribution in [3.8, 4) is 0 Å². The van der Waals surface area contributed by atoms with Gasteiger partial charge in [0.15, 0.2) is 6.10 Å². The molecule has 23 heavy (non-hydrogen) atoms. The van der Waals surface area contributed by atoms with Crippen molar-refractivity contribution < 1.29 is 19.1 Å². The van der Waals surface area contributed by atoms with Gasteiger partial charge in [-0.2, -0.15) is 0 Å². The van der Waals surface area contributed by atoms with Gasteiger partial charge in [0.1, 0.15) is 6.61 Å². The van der Waals surface area contributed by atoms with Crippen LogP contribution in [0.1, 0.15) is 6.92 Å². The van der Waals surface area contributed by atoms with Crippen LogP contribution < -0.4 is 10.6 Å². The van der Waals surface area contributed by atoms with Gasteiger partial charge in [-0.15, -0.1) is 0 Å². The number of benzene rings is 1. The molecular formula is C17H22N2O4. The zero-order valence-electron chi connectivity index (χ0n) is 13.2. The number of ether oxygens (including phenoxy) is 2. The van der Waals surface area contributed by atoms with Crippen molar-refractivity contribution in [1.29, 1.82) is 0 Å². The molecule has 0 fully saturated rings. The molecule has 0 aliphatic heterocycles. The van der Waals surface area contributed by atoms with Crippen LogP contribution in [-0.4, -0.2) is 37.7 Å². The van der Waals surface area contributed by atoms with Crippen molar-refractivity contribution in [2.45, 2.75) is 13.0 Å². The molecule has 124 valence electrons. The minimum absolute atomic E-state index is 0.0596. The lowest BCUT2D eigenvalue weighted by atomic mass is 10.2. The lowest BCUT2D eigenvalue weighted by Crippen LogP contribution is -2.38. The molecule has 0 bridgehead atoms. The maximum atomic E-state index is 11.5. The predicted molar refractivity (Wildman–Crippen MR) is 90.0 cm³/mol. The summed E-state index contributed by atoms with van der Waals surface area (Å²) < 4.78 is 10.2. The van der Waals surface area contributed by atoms with Gasteiger partial charge in [0.05, 0.1) is 6.54 Å². The third-order valence-corrected chi connectivity index (χ3v) is 3.09. The number of hydrogen-bond acceptors (Lipinski definition) is 6. The van der Waals surface area contributed by atoms with Gasteiger partial charge in [-0.1, -0.05) is 13.2 Å². The summed E-state index contributed by atoms with van der Waals surface area (Å²) >= 11 is 0. The van der Waals surface area contributed by atoms with Gasteiger partial charge in [0, 0.05) is 30.1 Å². The number of nitrogen functional groups attached to an aromatic ring is 1. The van der Waals surface area contributed by atoms with E-state index in [1.807, 2.05) is 24.0 Å². The fraction of sp³-hybridized carbons (Fsp3) is 0.294. The van der Waals surface area contributed by atoms with E-state index in [2.05, 4.69) is 13.2 Å². The van der Waals surface area contributed by atoms with Gasteiger partial charge < -0.3 is 20.1 Å². The fourth-order valence-electron chi connectivity index (χ4n) is 1.92. The number of anilines is 2. The Morgan fingerprint density at radius 3 is 2.35 bits per heavy atom. The summed E-state index contributed by atoms with van der Waals surface area (Å²) in [5.74, 6) is -1.14. The minimum atomic E-state index is -0.623. The summed E-state index contributed by atoms with van der Waals surface area (Å²) in [6.07, 6.45) is 1.51. The van der Waals surface area contributed by atoms with Crippen LogP contribution in [0.3, 0.4) is 0 Å². The molecule has 0 aromatic heterocycles. The second-order valence-electron chi connectivity index (χ2n) is 4.73. The van der Waals surface area contributed by atoms with Crippen LogP contribution in [-0.2, 0) is 19.1 Å². The average Bonchev–Trinajstić information content (AvgIpc) is 2.57. The summed E-state index contributed by atoms with van der Waals surface area (Å²) in [5, 5.41) is 0. The Labute approximate surface area is 136 Å². The van der Waals surface area contributed by atoms with Crippen molar-refractivity contribution >= 4 is 23.3 Å². The highest BCUT2D eigenvalue weighted by Gasteiger charge is 2.19. The van der Waals surface area contributed by atoms with E-state index in [-0.39, 0.29) is 6.61 Å². The fourth-order valence-corrected chi connectivity index (χ4v) is 1.92. The molecule has 1 rings (SSSR count). The van der Waals surface area contributed by atoms with Gasteiger partial charge in [0.25, 0.3) is 0 Å². The Morgan fingerprint density at radius 2 is 1.83 bits per heavy atom. The molecule has 0 heterocycles. The Morgan fingerprint density at radius 1 is 1.22 bits per heavy atom. The molecule has 1 aromatic rings. The molecule has 0 amide bonds. The van der Waals surface area contributed by atoms with Crippen molar-refractivity contribution in [2.75, 3.05) is 30.3 Å². The van der Waals surface area contributed by atoms with Crippen molar-refractivity contribution in [3.05, 3.63) is 49.6 Å². The van der Waals surface area contributed by atoms with Crippen molar-refractivity contribution in [2.24, 2.45) is 0 Å². The topological polar surface area (TPSA) is 81.9 Å². The normalized spacial score (nSPS) is 11.2. The number of rotatable bonds is 9. The Kier molecular flexibility index (Phi) is 7.39. The smallest absolute Gasteiger partial charge is 0.330 e. The third kappa shape index (κ3) is 6.25. The molecule has 1 atom stereocenters. The second kappa shape index (κ2) is 9.30. The number of likely N-dealkylation sites (N-methyl/N-ethyl adjacent to an activating group) is 1. The highest BCUT2D eigenvalue weighted by Crippen LogP contribution is 2.17. The van der Waals surface area contributed by atoms with Crippen LogP contribution in [0.2, 0.25) is 0 Å². The molecule has 2 N–H and O–H groups in total. The van der Waals surface area contributed by atoms with E-state index in [1.54, 1.807) is 12.1 Å². The zero-order chi connectivity index (χ0) is 17.2.